The molecule has 1 aromatic carbocycles. The fourth-order valence-corrected chi connectivity index (χ4v) is 1.24. The average molecular weight is 237 g/mol. The van der Waals surface area contributed by atoms with Gasteiger partial charge in [-0.1, -0.05) is 12.1 Å². The van der Waals surface area contributed by atoms with Gasteiger partial charge in [0.05, 0.1) is 0 Å². The first-order chi connectivity index (χ1) is 7.99. The van der Waals surface area contributed by atoms with Gasteiger partial charge in [0, 0.05) is 12.1 Å². The number of hydrogen-bond acceptors (Lipinski definition) is 4. The van der Waals surface area contributed by atoms with Crippen LogP contribution in [0.1, 0.15) is 18.9 Å². The zero-order chi connectivity index (χ0) is 12.8. The monoisotopic (exact) mass is 237 g/mol. The van der Waals surface area contributed by atoms with Crippen LogP contribution in [-0.4, -0.2) is 23.1 Å². The van der Waals surface area contributed by atoms with E-state index in [1.54, 1.807) is 12.1 Å². The van der Waals surface area contributed by atoms with E-state index in [1.807, 2.05) is 12.1 Å². The van der Waals surface area contributed by atoms with E-state index < -0.39 is 18.0 Å². The number of anilines is 1. The van der Waals surface area contributed by atoms with E-state index >= 15 is 0 Å². The van der Waals surface area contributed by atoms with Gasteiger partial charge in [-0.25, -0.2) is 4.79 Å². The molecular formula is C12H15NO4. The van der Waals surface area contributed by atoms with Crippen molar-refractivity contribution in [1.82, 2.24) is 0 Å². The number of aliphatic carboxylic acids is 1. The van der Waals surface area contributed by atoms with Crippen molar-refractivity contribution in [1.29, 1.82) is 0 Å². The lowest BCUT2D eigenvalue weighted by molar-refractivity contribution is -0.162. The molecule has 1 rings (SSSR count). The highest BCUT2D eigenvalue weighted by molar-refractivity contribution is 5.77. The molecule has 0 fully saturated rings. The Kier molecular flexibility index (Phi) is 4.51. The molecule has 0 amide bonds. The Morgan fingerprint density at radius 1 is 1.35 bits per heavy atom. The summed E-state index contributed by atoms with van der Waals surface area (Å²) in [4.78, 5) is 21.7. The largest absolute Gasteiger partial charge is 0.479 e. The molecule has 1 aromatic rings. The first kappa shape index (κ1) is 13.0. The minimum absolute atomic E-state index is 0.154. The molecular weight excluding hydrogens is 222 g/mol. The second-order valence-electron chi connectivity index (χ2n) is 3.71. The lowest BCUT2D eigenvalue weighted by Crippen LogP contribution is -2.23. The summed E-state index contributed by atoms with van der Waals surface area (Å²) in [5.41, 5.74) is 7.15. The molecule has 92 valence electrons. The topological polar surface area (TPSA) is 89.6 Å². The maximum Gasteiger partial charge on any atom is 0.344 e. The third kappa shape index (κ3) is 4.55. The van der Waals surface area contributed by atoms with Crippen molar-refractivity contribution >= 4 is 17.6 Å². The van der Waals surface area contributed by atoms with Crippen LogP contribution in [0.15, 0.2) is 24.3 Å². The van der Waals surface area contributed by atoms with Crippen LogP contribution in [-0.2, 0) is 20.7 Å². The number of benzene rings is 1. The maximum absolute atomic E-state index is 11.3. The van der Waals surface area contributed by atoms with Crippen molar-refractivity contribution < 1.29 is 19.4 Å². The van der Waals surface area contributed by atoms with Gasteiger partial charge >= 0.3 is 11.9 Å². The van der Waals surface area contributed by atoms with Crippen molar-refractivity contribution in [3.05, 3.63) is 29.8 Å². The SMILES string of the molecule is CC(OC(=O)CCc1ccc(N)cc1)C(=O)O. The molecule has 3 N–H and O–H groups in total. The standard InChI is InChI=1S/C12H15NO4/c1-8(12(15)16)17-11(14)7-4-9-2-5-10(13)6-3-9/h2-3,5-6,8H,4,7,13H2,1H3,(H,15,16). The lowest BCUT2D eigenvalue weighted by atomic mass is 10.1. The minimum atomic E-state index is -1.15. The molecule has 5 heteroatoms. The highest BCUT2D eigenvalue weighted by Gasteiger charge is 2.15. The number of carboxylic acids is 1. The fraction of sp³-hybridized carbons (Fsp3) is 0.333. The Bertz CT molecular complexity index is 399. The van der Waals surface area contributed by atoms with Crippen molar-refractivity contribution in [3.63, 3.8) is 0 Å². The van der Waals surface area contributed by atoms with Crippen molar-refractivity contribution in [2.45, 2.75) is 25.9 Å². The number of carbonyl (C=O) groups excluding carboxylic acids is 1. The minimum Gasteiger partial charge on any atom is -0.479 e. The number of hydrogen-bond donors (Lipinski definition) is 2. The second-order valence-corrected chi connectivity index (χ2v) is 3.71. The van der Waals surface area contributed by atoms with Gasteiger partial charge in [0.15, 0.2) is 6.10 Å². The van der Waals surface area contributed by atoms with Gasteiger partial charge in [-0.2, -0.15) is 0 Å². The predicted octanol–water partition coefficient (Wildman–Crippen LogP) is 1.22. The number of ether oxygens (including phenoxy) is 1. The Hall–Kier alpha value is -2.04. The lowest BCUT2D eigenvalue weighted by Gasteiger charge is -2.08. The third-order valence-corrected chi connectivity index (χ3v) is 2.25. The molecule has 0 bridgehead atoms. The Balaban J connectivity index is 2.38. The van der Waals surface area contributed by atoms with Crippen LogP contribution in [0.4, 0.5) is 5.69 Å². The molecule has 0 spiro atoms. The number of aryl methyl sites for hydroxylation is 1. The van der Waals surface area contributed by atoms with Gasteiger partial charge in [-0.05, 0) is 31.0 Å². The zero-order valence-electron chi connectivity index (χ0n) is 9.55. The zero-order valence-corrected chi connectivity index (χ0v) is 9.55. The maximum atomic E-state index is 11.3. The first-order valence-corrected chi connectivity index (χ1v) is 5.25. The van der Waals surface area contributed by atoms with Gasteiger partial charge in [-0.3, -0.25) is 4.79 Å². The molecule has 0 aliphatic carbocycles. The molecule has 0 radical (unpaired) electrons. The Labute approximate surface area is 99.2 Å². The summed E-state index contributed by atoms with van der Waals surface area (Å²) in [6.07, 6.45) is -0.443. The molecule has 0 saturated heterocycles. The Morgan fingerprint density at radius 3 is 2.47 bits per heavy atom. The van der Waals surface area contributed by atoms with Crippen molar-refractivity contribution in [2.24, 2.45) is 0 Å². The summed E-state index contributed by atoms with van der Waals surface area (Å²) in [7, 11) is 0. The molecule has 1 atom stereocenters. The quantitative estimate of drug-likeness (QED) is 0.593. The van der Waals surface area contributed by atoms with E-state index in [9.17, 15) is 9.59 Å². The summed E-state index contributed by atoms with van der Waals surface area (Å²) in [5, 5.41) is 8.56. The normalized spacial score (nSPS) is 11.8. The number of esters is 1. The third-order valence-electron chi connectivity index (χ3n) is 2.25. The predicted molar refractivity (Wildman–Crippen MR) is 62.4 cm³/mol. The molecule has 0 saturated carbocycles. The molecule has 0 aliphatic heterocycles. The molecule has 5 nitrogen and oxygen atoms in total. The van der Waals surface area contributed by atoms with Crippen LogP contribution in [0.5, 0.6) is 0 Å². The number of nitrogens with two attached hydrogens (primary N) is 1. The van der Waals surface area contributed by atoms with Crippen LogP contribution >= 0.6 is 0 Å². The number of rotatable bonds is 5. The van der Waals surface area contributed by atoms with Crippen molar-refractivity contribution in [3.8, 4) is 0 Å². The van der Waals surface area contributed by atoms with Gasteiger partial charge < -0.3 is 15.6 Å². The molecule has 0 aromatic heterocycles. The number of nitrogen functional groups attached to an aromatic ring is 1. The van der Waals surface area contributed by atoms with Gasteiger partial charge in [0.25, 0.3) is 0 Å². The van der Waals surface area contributed by atoms with Gasteiger partial charge in [0.2, 0.25) is 0 Å². The van der Waals surface area contributed by atoms with E-state index in [0.29, 0.717) is 12.1 Å². The Morgan fingerprint density at radius 2 is 1.94 bits per heavy atom. The van der Waals surface area contributed by atoms with Gasteiger partial charge in [-0.15, -0.1) is 0 Å². The highest BCUT2D eigenvalue weighted by atomic mass is 16.6. The van der Waals surface area contributed by atoms with E-state index in [-0.39, 0.29) is 6.42 Å². The van der Waals surface area contributed by atoms with Crippen LogP contribution in [0.3, 0.4) is 0 Å². The van der Waals surface area contributed by atoms with E-state index in [0.717, 1.165) is 5.56 Å². The van der Waals surface area contributed by atoms with E-state index in [2.05, 4.69) is 0 Å². The van der Waals surface area contributed by atoms with Crippen LogP contribution in [0.25, 0.3) is 0 Å². The van der Waals surface area contributed by atoms with Crippen molar-refractivity contribution in [2.75, 3.05) is 5.73 Å². The average Bonchev–Trinajstić information content (AvgIpc) is 2.28. The summed E-state index contributed by atoms with van der Waals surface area (Å²) in [5.74, 6) is -1.66. The van der Waals surface area contributed by atoms with Crippen LogP contribution in [0.2, 0.25) is 0 Å². The summed E-state index contributed by atoms with van der Waals surface area (Å²) >= 11 is 0. The van der Waals surface area contributed by atoms with Crippen LogP contribution in [0, 0.1) is 0 Å². The molecule has 1 unspecified atom stereocenters. The fourth-order valence-electron chi connectivity index (χ4n) is 1.24. The highest BCUT2D eigenvalue weighted by Crippen LogP contribution is 2.08. The molecule has 0 heterocycles. The van der Waals surface area contributed by atoms with Crippen LogP contribution < -0.4 is 5.73 Å². The van der Waals surface area contributed by atoms with E-state index in [1.165, 1.54) is 6.92 Å². The number of carboxylic acid groups (broad SMARTS) is 1. The summed E-state index contributed by atoms with van der Waals surface area (Å²) < 4.78 is 4.69. The first-order valence-electron chi connectivity index (χ1n) is 5.25. The van der Waals surface area contributed by atoms with E-state index in [4.69, 9.17) is 15.6 Å². The summed E-state index contributed by atoms with van der Waals surface area (Å²) in [6.45, 7) is 1.32. The smallest absolute Gasteiger partial charge is 0.344 e. The summed E-state index contributed by atoms with van der Waals surface area (Å²) in [6, 6.07) is 7.15. The molecule has 17 heavy (non-hydrogen) atoms. The van der Waals surface area contributed by atoms with Gasteiger partial charge in [0.1, 0.15) is 0 Å². The number of carbonyl (C=O) groups is 2. The second kappa shape index (κ2) is 5.89. The molecule has 0 aliphatic rings.